The Morgan fingerprint density at radius 3 is 2.58 bits per heavy atom. The topological polar surface area (TPSA) is 39.2 Å². The number of nitrogen functional groups attached to an aromatic ring is 1. The number of furan rings is 1. The summed E-state index contributed by atoms with van der Waals surface area (Å²) < 4.78 is 5.38. The minimum Gasteiger partial charge on any atom is -0.464 e. The lowest BCUT2D eigenvalue weighted by atomic mass is 10.1. The van der Waals surface area contributed by atoms with Gasteiger partial charge in [0.15, 0.2) is 0 Å². The van der Waals surface area contributed by atoms with E-state index in [1.54, 1.807) is 6.26 Å². The summed E-state index contributed by atoms with van der Waals surface area (Å²) in [5.74, 6) is 0. The van der Waals surface area contributed by atoms with Gasteiger partial charge in [-0.05, 0) is 31.0 Å². The number of benzene rings is 1. The van der Waals surface area contributed by atoms with Crippen molar-refractivity contribution in [2.75, 3.05) is 5.73 Å². The summed E-state index contributed by atoms with van der Waals surface area (Å²) in [5.41, 5.74) is 9.75. The zero-order chi connectivity index (χ0) is 8.72. The van der Waals surface area contributed by atoms with E-state index in [9.17, 15) is 0 Å². The fourth-order valence-corrected chi connectivity index (χ4v) is 1.47. The summed E-state index contributed by atoms with van der Waals surface area (Å²) in [7, 11) is 0. The highest BCUT2D eigenvalue weighted by atomic mass is 16.3. The normalized spacial score (nSPS) is 10.8. The minimum atomic E-state index is 0.793. The quantitative estimate of drug-likeness (QED) is 0.603. The third-order valence-electron chi connectivity index (χ3n) is 2.13. The molecule has 2 nitrogen and oxygen atoms in total. The molecule has 1 aromatic carbocycles. The Balaban J connectivity index is 2.98. The van der Waals surface area contributed by atoms with Crippen molar-refractivity contribution >= 4 is 16.7 Å². The first-order valence-electron chi connectivity index (χ1n) is 3.93. The van der Waals surface area contributed by atoms with Crippen LogP contribution in [0, 0.1) is 13.8 Å². The molecule has 1 heterocycles. The van der Waals surface area contributed by atoms with Gasteiger partial charge in [0.25, 0.3) is 0 Å². The van der Waals surface area contributed by atoms with Crippen molar-refractivity contribution in [2.45, 2.75) is 13.8 Å². The van der Waals surface area contributed by atoms with Crippen LogP contribution in [0.3, 0.4) is 0 Å². The van der Waals surface area contributed by atoms with Crippen LogP contribution in [0.5, 0.6) is 0 Å². The van der Waals surface area contributed by atoms with E-state index in [4.69, 9.17) is 10.2 Å². The molecule has 0 amide bonds. The fraction of sp³-hybridized carbons (Fsp3) is 0.200. The largest absolute Gasteiger partial charge is 0.464 e. The molecule has 2 heteroatoms. The second kappa shape index (κ2) is 2.27. The van der Waals surface area contributed by atoms with Crippen LogP contribution in [0.15, 0.2) is 22.8 Å². The molecular weight excluding hydrogens is 150 g/mol. The number of hydrogen-bond acceptors (Lipinski definition) is 2. The van der Waals surface area contributed by atoms with Gasteiger partial charge in [0.05, 0.1) is 6.26 Å². The van der Waals surface area contributed by atoms with Gasteiger partial charge < -0.3 is 10.2 Å². The molecule has 0 aliphatic carbocycles. The van der Waals surface area contributed by atoms with E-state index in [0.717, 1.165) is 27.8 Å². The maximum absolute atomic E-state index is 5.81. The Labute approximate surface area is 71.0 Å². The lowest BCUT2D eigenvalue weighted by molar-refractivity contribution is 0.610. The highest BCUT2D eigenvalue weighted by Crippen LogP contribution is 2.28. The van der Waals surface area contributed by atoms with Crippen LogP contribution in [-0.4, -0.2) is 0 Å². The Morgan fingerprint density at radius 2 is 1.92 bits per heavy atom. The Bertz CT molecular complexity index is 429. The average Bonchev–Trinajstić information content (AvgIpc) is 2.42. The van der Waals surface area contributed by atoms with Crippen LogP contribution in [-0.2, 0) is 0 Å². The van der Waals surface area contributed by atoms with Crippen LogP contribution < -0.4 is 5.73 Å². The molecular formula is C10H11NO. The van der Waals surface area contributed by atoms with Crippen molar-refractivity contribution in [3.8, 4) is 0 Å². The average molecular weight is 161 g/mol. The van der Waals surface area contributed by atoms with Crippen LogP contribution in [0.1, 0.15) is 11.1 Å². The summed E-state index contributed by atoms with van der Waals surface area (Å²) in [5, 5.41) is 1.05. The SMILES string of the molecule is Cc1ccc(N)c2c(C)coc12. The third-order valence-corrected chi connectivity index (χ3v) is 2.13. The number of hydrogen-bond donors (Lipinski definition) is 1. The predicted octanol–water partition coefficient (Wildman–Crippen LogP) is 2.63. The van der Waals surface area contributed by atoms with Gasteiger partial charge in [0.2, 0.25) is 0 Å². The Morgan fingerprint density at radius 1 is 1.17 bits per heavy atom. The lowest BCUT2D eigenvalue weighted by Gasteiger charge is -1.98. The Hall–Kier alpha value is -1.44. The van der Waals surface area contributed by atoms with Gasteiger partial charge in [-0.2, -0.15) is 0 Å². The van der Waals surface area contributed by atoms with Crippen LogP contribution in [0.2, 0.25) is 0 Å². The lowest BCUT2D eigenvalue weighted by Crippen LogP contribution is -1.86. The monoisotopic (exact) mass is 161 g/mol. The van der Waals surface area contributed by atoms with E-state index in [-0.39, 0.29) is 0 Å². The third kappa shape index (κ3) is 0.811. The molecule has 0 unspecified atom stereocenters. The number of aryl methyl sites for hydroxylation is 2. The highest BCUT2D eigenvalue weighted by Gasteiger charge is 2.06. The van der Waals surface area contributed by atoms with Crippen molar-refractivity contribution in [2.24, 2.45) is 0 Å². The molecule has 2 N–H and O–H groups in total. The smallest absolute Gasteiger partial charge is 0.139 e. The first kappa shape index (κ1) is 7.22. The number of rotatable bonds is 0. The number of anilines is 1. The van der Waals surface area contributed by atoms with Crippen molar-refractivity contribution < 1.29 is 4.42 Å². The second-order valence-electron chi connectivity index (χ2n) is 3.09. The Kier molecular flexibility index (Phi) is 1.37. The fourth-order valence-electron chi connectivity index (χ4n) is 1.47. The molecule has 12 heavy (non-hydrogen) atoms. The van der Waals surface area contributed by atoms with Gasteiger partial charge in [-0.15, -0.1) is 0 Å². The molecule has 0 saturated heterocycles. The molecule has 0 atom stereocenters. The molecule has 0 bridgehead atoms. The van der Waals surface area contributed by atoms with Crippen molar-refractivity contribution in [3.63, 3.8) is 0 Å². The zero-order valence-electron chi connectivity index (χ0n) is 7.22. The van der Waals surface area contributed by atoms with Gasteiger partial charge in [0, 0.05) is 11.1 Å². The standard InChI is InChI=1S/C10H11NO/c1-6-3-4-8(11)9-7(2)5-12-10(6)9/h3-5H,11H2,1-2H3. The number of nitrogens with two attached hydrogens (primary N) is 1. The summed E-state index contributed by atoms with van der Waals surface area (Å²) in [4.78, 5) is 0. The summed E-state index contributed by atoms with van der Waals surface area (Å²) in [6.45, 7) is 4.02. The summed E-state index contributed by atoms with van der Waals surface area (Å²) in [6, 6.07) is 3.89. The van der Waals surface area contributed by atoms with Crippen LogP contribution >= 0.6 is 0 Å². The molecule has 2 aromatic rings. The molecule has 0 spiro atoms. The minimum absolute atomic E-state index is 0.793. The molecule has 2 rings (SSSR count). The first-order chi connectivity index (χ1) is 5.70. The summed E-state index contributed by atoms with van der Waals surface area (Å²) in [6.07, 6.45) is 1.74. The van der Waals surface area contributed by atoms with E-state index in [1.807, 2.05) is 26.0 Å². The molecule has 0 aliphatic rings. The van der Waals surface area contributed by atoms with Crippen molar-refractivity contribution in [3.05, 3.63) is 29.5 Å². The maximum atomic E-state index is 5.81. The van der Waals surface area contributed by atoms with E-state index >= 15 is 0 Å². The second-order valence-corrected chi connectivity index (χ2v) is 3.09. The van der Waals surface area contributed by atoms with Gasteiger partial charge in [0.1, 0.15) is 5.58 Å². The molecule has 0 radical (unpaired) electrons. The van der Waals surface area contributed by atoms with Gasteiger partial charge in [-0.1, -0.05) is 6.07 Å². The van der Waals surface area contributed by atoms with Crippen LogP contribution in [0.4, 0.5) is 5.69 Å². The van der Waals surface area contributed by atoms with Gasteiger partial charge in [-0.25, -0.2) is 0 Å². The van der Waals surface area contributed by atoms with Crippen molar-refractivity contribution in [1.82, 2.24) is 0 Å². The maximum Gasteiger partial charge on any atom is 0.139 e. The molecule has 62 valence electrons. The van der Waals surface area contributed by atoms with Crippen molar-refractivity contribution in [1.29, 1.82) is 0 Å². The van der Waals surface area contributed by atoms with E-state index < -0.39 is 0 Å². The highest BCUT2D eigenvalue weighted by molar-refractivity contribution is 5.93. The predicted molar refractivity (Wildman–Crippen MR) is 50.1 cm³/mol. The van der Waals surface area contributed by atoms with E-state index in [2.05, 4.69) is 0 Å². The number of fused-ring (bicyclic) bond motifs is 1. The first-order valence-corrected chi connectivity index (χ1v) is 3.93. The van der Waals surface area contributed by atoms with Crippen LogP contribution in [0.25, 0.3) is 11.0 Å². The van der Waals surface area contributed by atoms with Gasteiger partial charge >= 0.3 is 0 Å². The van der Waals surface area contributed by atoms with E-state index in [0.29, 0.717) is 0 Å². The molecule has 0 aliphatic heterocycles. The summed E-state index contributed by atoms with van der Waals surface area (Å²) >= 11 is 0. The van der Waals surface area contributed by atoms with E-state index in [1.165, 1.54) is 0 Å². The van der Waals surface area contributed by atoms with Gasteiger partial charge in [-0.3, -0.25) is 0 Å². The molecule has 0 saturated carbocycles. The molecule has 1 aromatic heterocycles. The molecule has 0 fully saturated rings. The zero-order valence-corrected chi connectivity index (χ0v) is 7.22.